The first-order chi connectivity index (χ1) is 10.0. The van der Waals surface area contributed by atoms with Gasteiger partial charge in [-0.3, -0.25) is 25.7 Å². The fourth-order valence-electron chi connectivity index (χ4n) is 1.76. The van der Waals surface area contributed by atoms with E-state index in [0.29, 0.717) is 11.4 Å². The summed E-state index contributed by atoms with van der Waals surface area (Å²) in [5.41, 5.74) is 3.89. The molecule has 0 spiro atoms. The van der Waals surface area contributed by atoms with E-state index in [4.69, 9.17) is 5.84 Å². The largest absolute Gasteiger partial charge is 0.323 e. The van der Waals surface area contributed by atoms with Crippen molar-refractivity contribution in [1.29, 1.82) is 0 Å². The summed E-state index contributed by atoms with van der Waals surface area (Å²) >= 11 is 0. The minimum Gasteiger partial charge on any atom is -0.323 e. The number of rotatable bonds is 4. The van der Waals surface area contributed by atoms with Crippen molar-refractivity contribution in [3.8, 4) is 0 Å². The molecule has 0 saturated carbocycles. The molecule has 8 nitrogen and oxygen atoms in total. The van der Waals surface area contributed by atoms with E-state index in [1.807, 2.05) is 0 Å². The highest BCUT2D eigenvalue weighted by Crippen LogP contribution is 2.23. The van der Waals surface area contributed by atoms with Crippen LogP contribution in [0.2, 0.25) is 0 Å². The topological polar surface area (TPSA) is 123 Å². The van der Waals surface area contributed by atoms with Gasteiger partial charge in [0, 0.05) is 30.2 Å². The zero-order valence-corrected chi connectivity index (χ0v) is 11.2. The summed E-state index contributed by atoms with van der Waals surface area (Å²) in [4.78, 5) is 26.4. The number of nitrogens with one attached hydrogen (secondary N) is 2. The van der Waals surface area contributed by atoms with E-state index in [0.717, 1.165) is 5.56 Å². The van der Waals surface area contributed by atoms with Crippen LogP contribution < -0.4 is 16.6 Å². The number of non-ortho nitro benzene ring substituents is 1. The van der Waals surface area contributed by atoms with Crippen molar-refractivity contribution < 1.29 is 9.72 Å². The Labute approximate surface area is 120 Å². The molecule has 1 aromatic carbocycles. The molecule has 1 aromatic heterocycles. The maximum Gasteiger partial charge on any atom is 0.270 e. The number of hydrogen-bond acceptors (Lipinski definition) is 6. The van der Waals surface area contributed by atoms with Crippen molar-refractivity contribution in [2.24, 2.45) is 5.84 Å². The Kier molecular flexibility index (Phi) is 4.10. The molecule has 0 fully saturated rings. The predicted molar refractivity (Wildman–Crippen MR) is 77.8 cm³/mol. The number of amides is 1. The number of carbonyl (C=O) groups excluding carboxylic acids is 1. The van der Waals surface area contributed by atoms with Crippen LogP contribution in [0.4, 0.5) is 17.1 Å². The number of hydrazine groups is 1. The van der Waals surface area contributed by atoms with Crippen LogP contribution in [0.1, 0.15) is 15.9 Å². The molecular weight excluding hydrogens is 274 g/mol. The van der Waals surface area contributed by atoms with Crippen molar-refractivity contribution in [3.05, 3.63) is 57.9 Å². The number of nitrogens with zero attached hydrogens (tertiary/aromatic N) is 2. The monoisotopic (exact) mass is 287 g/mol. The summed E-state index contributed by atoms with van der Waals surface area (Å²) in [6, 6.07) is 5.46. The number of anilines is 2. The second-order valence-electron chi connectivity index (χ2n) is 4.28. The smallest absolute Gasteiger partial charge is 0.270 e. The van der Waals surface area contributed by atoms with E-state index >= 15 is 0 Å². The van der Waals surface area contributed by atoms with E-state index in [1.165, 1.54) is 24.4 Å². The molecule has 0 unspecified atom stereocenters. The maximum atomic E-state index is 12.3. The lowest BCUT2D eigenvalue weighted by molar-refractivity contribution is -0.384. The van der Waals surface area contributed by atoms with Crippen LogP contribution in [-0.2, 0) is 0 Å². The highest BCUT2D eigenvalue weighted by Gasteiger charge is 2.17. The van der Waals surface area contributed by atoms with Gasteiger partial charge in [0.2, 0.25) is 0 Å². The van der Waals surface area contributed by atoms with E-state index in [-0.39, 0.29) is 11.3 Å². The molecule has 0 bridgehead atoms. The number of aryl methyl sites for hydroxylation is 1. The molecule has 0 saturated heterocycles. The Balaban J connectivity index is 2.36. The normalized spacial score (nSPS) is 10.0. The van der Waals surface area contributed by atoms with Crippen molar-refractivity contribution in [2.75, 3.05) is 10.7 Å². The van der Waals surface area contributed by atoms with Crippen LogP contribution in [0.3, 0.4) is 0 Å². The summed E-state index contributed by atoms with van der Waals surface area (Å²) in [6.07, 6.45) is 3.14. The van der Waals surface area contributed by atoms with Crippen LogP contribution in [0, 0.1) is 17.0 Å². The summed E-state index contributed by atoms with van der Waals surface area (Å²) < 4.78 is 0. The molecule has 2 aromatic rings. The van der Waals surface area contributed by atoms with Crippen LogP contribution in [0.5, 0.6) is 0 Å². The second kappa shape index (κ2) is 5.97. The number of carbonyl (C=O) groups is 1. The van der Waals surface area contributed by atoms with Gasteiger partial charge in [0.25, 0.3) is 11.6 Å². The van der Waals surface area contributed by atoms with Gasteiger partial charge < -0.3 is 10.7 Å². The molecule has 1 heterocycles. The van der Waals surface area contributed by atoms with Gasteiger partial charge in [-0.15, -0.1) is 0 Å². The first-order valence-corrected chi connectivity index (χ1v) is 6.00. The molecule has 0 aliphatic rings. The number of hydrogen-bond donors (Lipinski definition) is 3. The number of nitro benzene ring substituents is 1. The van der Waals surface area contributed by atoms with Crippen molar-refractivity contribution in [1.82, 2.24) is 4.98 Å². The minimum absolute atomic E-state index is 0.0860. The van der Waals surface area contributed by atoms with Crippen LogP contribution in [0.15, 0.2) is 36.7 Å². The Morgan fingerprint density at radius 1 is 1.33 bits per heavy atom. The molecule has 0 radical (unpaired) electrons. The van der Waals surface area contributed by atoms with Gasteiger partial charge in [0.1, 0.15) is 0 Å². The van der Waals surface area contributed by atoms with Gasteiger partial charge in [-0.05, 0) is 24.6 Å². The lowest BCUT2D eigenvalue weighted by Crippen LogP contribution is -2.18. The molecule has 2 rings (SSSR count). The number of nitrogen functional groups attached to an aromatic ring is 1. The SMILES string of the molecule is Cc1cnccc1NC(=O)c1cc([N+](=O)[O-])ccc1NN. The first-order valence-electron chi connectivity index (χ1n) is 6.00. The molecule has 0 aliphatic heterocycles. The van der Waals surface area contributed by atoms with Crippen LogP contribution in [-0.4, -0.2) is 15.8 Å². The summed E-state index contributed by atoms with van der Waals surface area (Å²) in [5.74, 6) is 4.83. The third kappa shape index (κ3) is 3.12. The van der Waals surface area contributed by atoms with E-state index in [1.54, 1.807) is 19.2 Å². The Hall–Kier alpha value is -3.00. The van der Waals surface area contributed by atoms with Gasteiger partial charge >= 0.3 is 0 Å². The average Bonchev–Trinajstić information content (AvgIpc) is 2.48. The van der Waals surface area contributed by atoms with Crippen LogP contribution >= 0.6 is 0 Å². The van der Waals surface area contributed by atoms with Gasteiger partial charge in [-0.25, -0.2) is 0 Å². The third-order valence-corrected chi connectivity index (χ3v) is 2.88. The lowest BCUT2D eigenvalue weighted by Gasteiger charge is -2.11. The van der Waals surface area contributed by atoms with Crippen molar-refractivity contribution in [3.63, 3.8) is 0 Å². The van der Waals surface area contributed by atoms with Gasteiger partial charge in [0.15, 0.2) is 0 Å². The highest BCUT2D eigenvalue weighted by molar-refractivity contribution is 6.08. The molecular formula is C13H13N5O3. The minimum atomic E-state index is -0.575. The molecule has 4 N–H and O–H groups in total. The molecule has 108 valence electrons. The first kappa shape index (κ1) is 14.4. The third-order valence-electron chi connectivity index (χ3n) is 2.88. The van der Waals surface area contributed by atoms with Gasteiger partial charge in [-0.2, -0.15) is 0 Å². The quantitative estimate of drug-likeness (QED) is 0.448. The Morgan fingerprint density at radius 2 is 2.10 bits per heavy atom. The fraction of sp³-hybridized carbons (Fsp3) is 0.0769. The fourth-order valence-corrected chi connectivity index (χ4v) is 1.76. The maximum absolute atomic E-state index is 12.3. The summed E-state index contributed by atoms with van der Waals surface area (Å²) in [7, 11) is 0. The second-order valence-corrected chi connectivity index (χ2v) is 4.28. The standard InChI is InChI=1S/C13H13N5O3/c1-8-7-15-5-4-11(8)16-13(19)10-6-9(18(20)21)2-3-12(10)17-14/h2-7,17H,14H2,1H3,(H,15,16,19). The zero-order chi connectivity index (χ0) is 15.4. The summed E-state index contributed by atoms with van der Waals surface area (Å²) in [5, 5.41) is 13.5. The Morgan fingerprint density at radius 3 is 2.71 bits per heavy atom. The van der Waals surface area contributed by atoms with E-state index in [2.05, 4.69) is 15.7 Å². The number of nitro groups is 1. The zero-order valence-electron chi connectivity index (χ0n) is 11.2. The lowest BCUT2D eigenvalue weighted by atomic mass is 10.1. The van der Waals surface area contributed by atoms with Gasteiger partial charge in [-0.1, -0.05) is 0 Å². The van der Waals surface area contributed by atoms with Crippen molar-refractivity contribution >= 4 is 23.0 Å². The predicted octanol–water partition coefficient (Wildman–Crippen LogP) is 1.84. The number of aromatic nitrogens is 1. The molecule has 1 amide bonds. The average molecular weight is 287 g/mol. The Bertz CT molecular complexity index is 702. The van der Waals surface area contributed by atoms with Crippen LogP contribution in [0.25, 0.3) is 0 Å². The molecule has 21 heavy (non-hydrogen) atoms. The highest BCUT2D eigenvalue weighted by atomic mass is 16.6. The van der Waals surface area contributed by atoms with Crippen molar-refractivity contribution in [2.45, 2.75) is 6.92 Å². The van der Waals surface area contributed by atoms with Gasteiger partial charge in [0.05, 0.1) is 16.2 Å². The summed E-state index contributed by atoms with van der Waals surface area (Å²) in [6.45, 7) is 1.79. The molecule has 0 atom stereocenters. The van der Waals surface area contributed by atoms with E-state index in [9.17, 15) is 14.9 Å². The van der Waals surface area contributed by atoms with E-state index < -0.39 is 10.8 Å². The number of nitrogens with two attached hydrogens (primary N) is 1. The number of benzene rings is 1. The molecule has 8 heteroatoms. The number of pyridine rings is 1. The molecule has 0 aliphatic carbocycles.